The minimum atomic E-state index is -0.470. The van der Waals surface area contributed by atoms with Gasteiger partial charge >= 0.3 is 5.97 Å². The first kappa shape index (κ1) is 24.6. The van der Waals surface area contributed by atoms with Gasteiger partial charge in [-0.15, -0.1) is 0 Å². The second-order valence-electron chi connectivity index (χ2n) is 8.51. The number of hydrogen-bond acceptors (Lipinski definition) is 7. The summed E-state index contributed by atoms with van der Waals surface area (Å²) < 4.78 is 4.80. The van der Waals surface area contributed by atoms with E-state index in [4.69, 9.17) is 9.73 Å². The number of fused-ring (bicyclic) bond motifs is 1. The lowest BCUT2D eigenvalue weighted by molar-refractivity contribution is -0.118. The number of hydrogen-bond donors (Lipinski definition) is 2. The standard InChI is InChI=1S/C27H27N5O4/c1-31(2)16-23(33)32(3)20-10-8-19(9-11-20)29-25(18-6-5-13-28-15-18)24-21-12-7-17(27(35)36-4)14-22(21)30-26(24)34/h5-15,30,34H,16H2,1-4H3. The number of amides is 1. The molecule has 0 atom stereocenters. The Balaban J connectivity index is 1.77. The average Bonchev–Trinajstić information content (AvgIpc) is 3.21. The highest BCUT2D eigenvalue weighted by Crippen LogP contribution is 2.32. The normalized spacial score (nSPS) is 11.6. The fraction of sp³-hybridized carbons (Fsp3) is 0.185. The number of likely N-dealkylation sites (N-methyl/N-ethyl adjacent to an activating group) is 2. The molecule has 0 saturated heterocycles. The smallest absolute Gasteiger partial charge is 0.337 e. The molecule has 36 heavy (non-hydrogen) atoms. The van der Waals surface area contributed by atoms with Gasteiger partial charge in [0.05, 0.1) is 36.2 Å². The molecule has 2 aromatic heterocycles. The lowest BCUT2D eigenvalue weighted by Gasteiger charge is -2.19. The topological polar surface area (TPSA) is 111 Å². The zero-order chi connectivity index (χ0) is 25.8. The molecule has 9 nitrogen and oxygen atoms in total. The van der Waals surface area contributed by atoms with Crippen LogP contribution in [0, 0.1) is 0 Å². The Morgan fingerprint density at radius 1 is 1.06 bits per heavy atom. The Bertz CT molecular complexity index is 1430. The number of nitrogens with zero attached hydrogens (tertiary/aromatic N) is 4. The maximum atomic E-state index is 12.4. The number of esters is 1. The Hall–Kier alpha value is -4.50. The highest BCUT2D eigenvalue weighted by molar-refractivity contribution is 6.22. The van der Waals surface area contributed by atoms with E-state index in [0.717, 1.165) is 5.69 Å². The van der Waals surface area contributed by atoms with E-state index in [1.807, 2.05) is 49.3 Å². The third-order valence-corrected chi connectivity index (χ3v) is 5.68. The van der Waals surface area contributed by atoms with Crippen molar-refractivity contribution < 1.29 is 19.4 Å². The summed E-state index contributed by atoms with van der Waals surface area (Å²) in [6, 6.07) is 15.9. The highest BCUT2D eigenvalue weighted by atomic mass is 16.5. The number of benzene rings is 2. The molecule has 184 valence electrons. The molecule has 9 heteroatoms. The van der Waals surface area contributed by atoms with Crippen molar-refractivity contribution in [3.05, 3.63) is 83.7 Å². The molecule has 0 fully saturated rings. The monoisotopic (exact) mass is 485 g/mol. The Labute approximate surface area is 208 Å². The SMILES string of the molecule is COC(=O)c1ccc2c(C(=Nc3ccc(N(C)C(=O)CN(C)C)cc3)c3cccnc3)c(O)[nH]c2c1. The van der Waals surface area contributed by atoms with Gasteiger partial charge in [0.15, 0.2) is 5.88 Å². The van der Waals surface area contributed by atoms with Gasteiger partial charge in [0, 0.05) is 41.6 Å². The Kier molecular flexibility index (Phi) is 7.12. The third-order valence-electron chi connectivity index (χ3n) is 5.68. The Morgan fingerprint density at radius 2 is 1.81 bits per heavy atom. The number of aromatic nitrogens is 2. The largest absolute Gasteiger partial charge is 0.494 e. The summed E-state index contributed by atoms with van der Waals surface area (Å²) in [5.41, 5.74) is 3.99. The highest BCUT2D eigenvalue weighted by Gasteiger charge is 2.20. The Morgan fingerprint density at radius 3 is 2.44 bits per heavy atom. The molecule has 2 N–H and O–H groups in total. The van der Waals surface area contributed by atoms with E-state index in [1.165, 1.54) is 7.11 Å². The number of rotatable bonds is 7. The van der Waals surface area contributed by atoms with Crippen LogP contribution in [0.25, 0.3) is 10.9 Å². The fourth-order valence-corrected chi connectivity index (χ4v) is 3.84. The minimum Gasteiger partial charge on any atom is -0.494 e. The molecule has 4 rings (SSSR count). The van der Waals surface area contributed by atoms with Crippen LogP contribution in [-0.4, -0.2) is 72.4 Å². The predicted molar refractivity (Wildman–Crippen MR) is 139 cm³/mol. The number of methoxy groups -OCH3 is 1. The van der Waals surface area contributed by atoms with Crippen LogP contribution in [-0.2, 0) is 9.53 Å². The molecule has 2 aromatic carbocycles. The zero-order valence-electron chi connectivity index (χ0n) is 20.5. The summed E-state index contributed by atoms with van der Waals surface area (Å²) >= 11 is 0. The van der Waals surface area contributed by atoms with E-state index in [1.54, 1.807) is 48.6 Å². The molecule has 4 aromatic rings. The van der Waals surface area contributed by atoms with E-state index >= 15 is 0 Å². The van der Waals surface area contributed by atoms with Gasteiger partial charge in [-0.25, -0.2) is 9.79 Å². The van der Waals surface area contributed by atoms with Crippen LogP contribution in [0.4, 0.5) is 11.4 Å². The first-order valence-corrected chi connectivity index (χ1v) is 11.2. The summed E-state index contributed by atoms with van der Waals surface area (Å²) in [4.78, 5) is 39.8. The number of carbonyl (C=O) groups is 2. The maximum absolute atomic E-state index is 12.4. The number of aromatic hydroxyl groups is 1. The third kappa shape index (κ3) is 5.11. The molecule has 0 aliphatic carbocycles. The lowest BCUT2D eigenvalue weighted by atomic mass is 10.0. The van der Waals surface area contributed by atoms with Gasteiger partial charge in [0.25, 0.3) is 0 Å². The molecule has 0 aliphatic rings. The van der Waals surface area contributed by atoms with Crippen molar-refractivity contribution in [2.24, 2.45) is 4.99 Å². The number of aliphatic imine (C=N–C) groups is 1. The molecule has 2 heterocycles. The van der Waals surface area contributed by atoms with Crippen LogP contribution in [0.2, 0.25) is 0 Å². The average molecular weight is 486 g/mol. The quantitative estimate of drug-likeness (QED) is 0.305. The van der Waals surface area contributed by atoms with Crippen LogP contribution in [0.15, 0.2) is 72.0 Å². The zero-order valence-corrected chi connectivity index (χ0v) is 20.5. The molecule has 0 aliphatic heterocycles. The van der Waals surface area contributed by atoms with E-state index in [9.17, 15) is 14.7 Å². The molecular formula is C27H27N5O4. The number of ether oxygens (including phenoxy) is 1. The van der Waals surface area contributed by atoms with Gasteiger partial charge in [-0.3, -0.25) is 9.78 Å². The minimum absolute atomic E-state index is 0.0256. The second kappa shape index (κ2) is 10.4. The summed E-state index contributed by atoms with van der Waals surface area (Å²) in [6.45, 7) is 0.305. The summed E-state index contributed by atoms with van der Waals surface area (Å²) in [5, 5.41) is 11.5. The van der Waals surface area contributed by atoms with Gasteiger partial charge in [-0.05, 0) is 62.6 Å². The van der Waals surface area contributed by atoms with Crippen molar-refractivity contribution in [3.63, 3.8) is 0 Å². The van der Waals surface area contributed by atoms with Gasteiger partial charge in [-0.2, -0.15) is 0 Å². The van der Waals surface area contributed by atoms with Crippen LogP contribution in [0.5, 0.6) is 5.88 Å². The van der Waals surface area contributed by atoms with E-state index in [0.29, 0.717) is 45.5 Å². The summed E-state index contributed by atoms with van der Waals surface area (Å²) in [5.74, 6) is -0.578. The molecule has 0 unspecified atom stereocenters. The molecule has 0 radical (unpaired) electrons. The van der Waals surface area contributed by atoms with Crippen molar-refractivity contribution in [2.45, 2.75) is 0 Å². The van der Waals surface area contributed by atoms with E-state index in [2.05, 4.69) is 9.97 Å². The maximum Gasteiger partial charge on any atom is 0.337 e. The van der Waals surface area contributed by atoms with Gasteiger partial charge < -0.3 is 24.6 Å². The molecule has 1 amide bonds. The van der Waals surface area contributed by atoms with Crippen molar-refractivity contribution in [1.82, 2.24) is 14.9 Å². The first-order chi connectivity index (χ1) is 17.3. The van der Waals surface area contributed by atoms with Crippen LogP contribution < -0.4 is 4.90 Å². The first-order valence-electron chi connectivity index (χ1n) is 11.2. The van der Waals surface area contributed by atoms with Gasteiger partial charge in [0.2, 0.25) is 5.91 Å². The summed E-state index contributed by atoms with van der Waals surface area (Å²) in [6.07, 6.45) is 3.33. The number of H-pyrrole nitrogens is 1. The summed E-state index contributed by atoms with van der Waals surface area (Å²) in [7, 11) is 6.75. The van der Waals surface area contributed by atoms with Gasteiger partial charge in [0.1, 0.15) is 0 Å². The van der Waals surface area contributed by atoms with Crippen LogP contribution in [0.1, 0.15) is 21.5 Å². The molecular weight excluding hydrogens is 458 g/mol. The predicted octanol–water partition coefficient (Wildman–Crippen LogP) is 3.75. The van der Waals surface area contributed by atoms with Gasteiger partial charge in [-0.1, -0.05) is 6.07 Å². The molecule has 0 spiro atoms. The number of carbonyl (C=O) groups excluding carboxylic acids is 2. The van der Waals surface area contributed by atoms with Crippen molar-refractivity contribution in [1.29, 1.82) is 0 Å². The number of pyridine rings is 1. The van der Waals surface area contributed by atoms with E-state index in [-0.39, 0.29) is 11.8 Å². The fourth-order valence-electron chi connectivity index (χ4n) is 3.84. The molecule has 0 bridgehead atoms. The molecule has 0 saturated carbocycles. The number of anilines is 1. The van der Waals surface area contributed by atoms with Crippen molar-refractivity contribution in [2.75, 3.05) is 39.7 Å². The number of aromatic amines is 1. The number of nitrogens with one attached hydrogen (secondary N) is 1. The van der Waals surface area contributed by atoms with Crippen LogP contribution in [0.3, 0.4) is 0 Å². The van der Waals surface area contributed by atoms with Crippen molar-refractivity contribution >= 4 is 39.9 Å². The van der Waals surface area contributed by atoms with E-state index < -0.39 is 5.97 Å². The lowest BCUT2D eigenvalue weighted by Crippen LogP contribution is -2.34. The van der Waals surface area contributed by atoms with Crippen molar-refractivity contribution in [3.8, 4) is 5.88 Å². The van der Waals surface area contributed by atoms with Crippen LogP contribution >= 0.6 is 0 Å². The second-order valence-corrected chi connectivity index (χ2v) is 8.51.